The number of carbonyl (C=O) groups is 3. The lowest BCUT2D eigenvalue weighted by molar-refractivity contribution is -0.136. The Labute approximate surface area is 152 Å². The van der Waals surface area contributed by atoms with Gasteiger partial charge < -0.3 is 15.5 Å². The van der Waals surface area contributed by atoms with Gasteiger partial charge >= 0.3 is 0 Å². The summed E-state index contributed by atoms with van der Waals surface area (Å²) in [7, 11) is 0. The Morgan fingerprint density at radius 3 is 2.81 bits per heavy atom. The first-order valence-corrected chi connectivity index (χ1v) is 9.26. The molecule has 2 fully saturated rings. The lowest BCUT2D eigenvalue weighted by Crippen LogP contribution is -2.52. The maximum atomic E-state index is 12.8. The predicted octanol–water partition coefficient (Wildman–Crippen LogP) is 0.288. The molecule has 4 rings (SSSR count). The van der Waals surface area contributed by atoms with Gasteiger partial charge in [0.05, 0.1) is 0 Å². The molecule has 3 aliphatic rings. The van der Waals surface area contributed by atoms with Gasteiger partial charge in [-0.05, 0) is 43.5 Å². The number of hydrogen-bond acceptors (Lipinski definition) is 5. The van der Waals surface area contributed by atoms with Crippen LogP contribution in [0.3, 0.4) is 0 Å². The smallest absolute Gasteiger partial charge is 0.255 e. The van der Waals surface area contributed by atoms with Crippen molar-refractivity contribution in [3.63, 3.8) is 0 Å². The van der Waals surface area contributed by atoms with Crippen LogP contribution < -0.4 is 16.0 Å². The first-order chi connectivity index (χ1) is 12.5. The van der Waals surface area contributed by atoms with Crippen molar-refractivity contribution in [2.24, 2.45) is 0 Å². The van der Waals surface area contributed by atoms with Crippen molar-refractivity contribution in [1.29, 1.82) is 0 Å². The van der Waals surface area contributed by atoms with E-state index in [-0.39, 0.29) is 24.1 Å². The lowest BCUT2D eigenvalue weighted by Gasteiger charge is -2.29. The Morgan fingerprint density at radius 1 is 1.23 bits per heavy atom. The van der Waals surface area contributed by atoms with E-state index in [1.54, 1.807) is 4.90 Å². The third-order valence-electron chi connectivity index (χ3n) is 5.69. The number of carbonyl (C=O) groups excluding carboxylic acids is 3. The van der Waals surface area contributed by atoms with Crippen molar-refractivity contribution in [3.05, 3.63) is 34.9 Å². The molecule has 1 unspecified atom stereocenters. The first kappa shape index (κ1) is 17.2. The van der Waals surface area contributed by atoms with E-state index < -0.39 is 6.04 Å². The van der Waals surface area contributed by atoms with E-state index in [4.69, 9.17) is 0 Å². The summed E-state index contributed by atoms with van der Waals surface area (Å²) in [6.07, 6.45) is 1.78. The minimum absolute atomic E-state index is 0.118. The zero-order valence-electron chi connectivity index (χ0n) is 14.9. The van der Waals surface area contributed by atoms with Crippen LogP contribution in [0.1, 0.15) is 47.7 Å². The van der Waals surface area contributed by atoms with Crippen LogP contribution in [0.15, 0.2) is 18.2 Å². The Morgan fingerprint density at radius 2 is 2.08 bits per heavy atom. The third kappa shape index (κ3) is 3.12. The van der Waals surface area contributed by atoms with Crippen LogP contribution in [-0.4, -0.2) is 47.3 Å². The summed E-state index contributed by atoms with van der Waals surface area (Å²) in [6.45, 7) is 4.35. The van der Waals surface area contributed by atoms with Crippen LogP contribution in [0.2, 0.25) is 0 Å². The largest absolute Gasteiger partial charge is 0.322 e. The van der Waals surface area contributed by atoms with E-state index in [1.165, 1.54) is 0 Å². The van der Waals surface area contributed by atoms with Gasteiger partial charge in [0.2, 0.25) is 11.8 Å². The third-order valence-corrected chi connectivity index (χ3v) is 5.69. The maximum absolute atomic E-state index is 12.8. The van der Waals surface area contributed by atoms with E-state index in [0.29, 0.717) is 30.6 Å². The Balaban J connectivity index is 1.45. The number of nitrogens with zero attached hydrogens (tertiary/aromatic N) is 1. The van der Waals surface area contributed by atoms with Gasteiger partial charge in [-0.1, -0.05) is 12.1 Å². The fraction of sp³-hybridized carbons (Fsp3) is 0.526. The Kier molecular flexibility index (Phi) is 4.50. The molecule has 3 heterocycles. The van der Waals surface area contributed by atoms with Crippen LogP contribution in [0.4, 0.5) is 0 Å². The monoisotopic (exact) mass is 356 g/mol. The highest BCUT2D eigenvalue weighted by molar-refractivity contribution is 6.05. The number of nitrogens with one attached hydrogen (secondary N) is 3. The molecule has 0 aromatic heterocycles. The van der Waals surface area contributed by atoms with Gasteiger partial charge in [0.25, 0.3) is 5.91 Å². The number of benzene rings is 1. The van der Waals surface area contributed by atoms with Crippen LogP contribution in [-0.2, 0) is 22.7 Å². The molecule has 0 saturated carbocycles. The summed E-state index contributed by atoms with van der Waals surface area (Å²) >= 11 is 0. The van der Waals surface area contributed by atoms with Gasteiger partial charge in [0.15, 0.2) is 0 Å². The van der Waals surface area contributed by atoms with E-state index in [0.717, 1.165) is 30.6 Å². The topological polar surface area (TPSA) is 90.5 Å². The first-order valence-electron chi connectivity index (χ1n) is 9.26. The zero-order chi connectivity index (χ0) is 18.3. The van der Waals surface area contributed by atoms with Crippen molar-refractivity contribution in [2.45, 2.75) is 57.4 Å². The SMILES string of the molecule is C[C@@H]1NCC[C@H]1NCc1ccc2c(c1)C(=O)N(C1CCC(=O)NC1=O)C2. The van der Waals surface area contributed by atoms with Crippen molar-refractivity contribution in [2.75, 3.05) is 6.54 Å². The summed E-state index contributed by atoms with van der Waals surface area (Å²) in [5.74, 6) is -0.751. The van der Waals surface area contributed by atoms with Crippen molar-refractivity contribution >= 4 is 17.7 Å². The van der Waals surface area contributed by atoms with E-state index >= 15 is 0 Å². The molecular formula is C19H24N4O3. The molecule has 26 heavy (non-hydrogen) atoms. The van der Waals surface area contributed by atoms with Gasteiger partial charge in [0, 0.05) is 37.2 Å². The molecule has 3 atom stereocenters. The van der Waals surface area contributed by atoms with E-state index in [2.05, 4.69) is 22.9 Å². The number of hydrogen-bond donors (Lipinski definition) is 3. The van der Waals surface area contributed by atoms with Crippen LogP contribution in [0, 0.1) is 0 Å². The van der Waals surface area contributed by atoms with Crippen molar-refractivity contribution < 1.29 is 14.4 Å². The van der Waals surface area contributed by atoms with Crippen molar-refractivity contribution in [3.8, 4) is 0 Å². The molecule has 0 aliphatic carbocycles. The van der Waals surface area contributed by atoms with Gasteiger partial charge in [-0.25, -0.2) is 0 Å². The average molecular weight is 356 g/mol. The van der Waals surface area contributed by atoms with Crippen LogP contribution in [0.25, 0.3) is 0 Å². The summed E-state index contributed by atoms with van der Waals surface area (Å²) < 4.78 is 0. The predicted molar refractivity (Wildman–Crippen MR) is 95.2 cm³/mol. The van der Waals surface area contributed by atoms with Gasteiger partial charge in [-0.15, -0.1) is 0 Å². The minimum Gasteiger partial charge on any atom is -0.322 e. The minimum atomic E-state index is -0.556. The number of amides is 3. The molecule has 1 aromatic carbocycles. The molecule has 0 spiro atoms. The molecule has 3 N–H and O–H groups in total. The van der Waals surface area contributed by atoms with Crippen molar-refractivity contribution in [1.82, 2.24) is 20.9 Å². The zero-order valence-corrected chi connectivity index (χ0v) is 14.9. The summed E-state index contributed by atoms with van der Waals surface area (Å²) in [5.41, 5.74) is 2.69. The number of piperidine rings is 1. The average Bonchev–Trinajstić information content (AvgIpc) is 3.17. The second-order valence-corrected chi connectivity index (χ2v) is 7.41. The van der Waals surface area contributed by atoms with E-state index in [1.807, 2.05) is 18.2 Å². The number of rotatable bonds is 4. The van der Waals surface area contributed by atoms with Crippen LogP contribution in [0.5, 0.6) is 0 Å². The Hall–Kier alpha value is -2.25. The molecule has 0 bridgehead atoms. The quantitative estimate of drug-likeness (QED) is 0.675. The van der Waals surface area contributed by atoms with E-state index in [9.17, 15) is 14.4 Å². The molecule has 7 nitrogen and oxygen atoms in total. The molecule has 7 heteroatoms. The lowest BCUT2D eigenvalue weighted by atomic mass is 10.0. The second kappa shape index (κ2) is 6.81. The number of fused-ring (bicyclic) bond motifs is 1. The van der Waals surface area contributed by atoms with Gasteiger partial charge in [-0.2, -0.15) is 0 Å². The molecule has 2 saturated heterocycles. The fourth-order valence-corrected chi connectivity index (χ4v) is 4.10. The standard InChI is InChI=1S/C19H24N4O3/c1-11-15(6-7-20-11)21-9-12-2-3-13-10-23(19(26)14(13)8-12)16-4-5-17(24)22-18(16)25/h2-3,8,11,15-16,20-21H,4-7,9-10H2,1H3,(H,22,24,25)/t11-,15+,16?/m0/s1. The highest BCUT2D eigenvalue weighted by Gasteiger charge is 2.39. The number of imide groups is 1. The highest BCUT2D eigenvalue weighted by atomic mass is 16.2. The second-order valence-electron chi connectivity index (χ2n) is 7.41. The molecule has 3 amide bonds. The summed E-state index contributed by atoms with van der Waals surface area (Å²) in [5, 5.41) is 9.30. The van der Waals surface area contributed by atoms with Crippen LogP contribution >= 0.6 is 0 Å². The molecule has 138 valence electrons. The summed E-state index contributed by atoms with van der Waals surface area (Å²) in [4.78, 5) is 37.8. The molecular weight excluding hydrogens is 332 g/mol. The fourth-order valence-electron chi connectivity index (χ4n) is 4.10. The van der Waals surface area contributed by atoms with Gasteiger partial charge in [-0.3, -0.25) is 19.7 Å². The molecule has 3 aliphatic heterocycles. The van der Waals surface area contributed by atoms with Gasteiger partial charge in [0.1, 0.15) is 6.04 Å². The maximum Gasteiger partial charge on any atom is 0.255 e. The molecule has 0 radical (unpaired) electrons. The summed E-state index contributed by atoms with van der Waals surface area (Å²) in [6, 6.07) is 6.29. The molecule has 1 aromatic rings. The Bertz CT molecular complexity index is 763. The normalized spacial score (nSPS) is 28.4. The highest BCUT2D eigenvalue weighted by Crippen LogP contribution is 2.28.